The largest absolute Gasteiger partial charge is 0.490 e. The Morgan fingerprint density at radius 3 is 2.81 bits per heavy atom. The van der Waals surface area contributed by atoms with Crippen molar-refractivity contribution in [1.82, 2.24) is 10.6 Å². The molecule has 1 atom stereocenters. The van der Waals surface area contributed by atoms with E-state index in [4.69, 9.17) is 9.47 Å². The van der Waals surface area contributed by atoms with Gasteiger partial charge < -0.3 is 24.8 Å². The average molecular weight is 499 g/mol. The predicted molar refractivity (Wildman–Crippen MR) is 111 cm³/mol. The number of hydrogen-bond acceptors (Lipinski definition) is 4. The maximum Gasteiger partial charge on any atom is 0.387 e. The number of halogens is 3. The van der Waals surface area contributed by atoms with Crippen LogP contribution in [-0.2, 0) is 11.3 Å². The van der Waals surface area contributed by atoms with Crippen LogP contribution in [0.15, 0.2) is 23.2 Å². The highest BCUT2D eigenvalue weighted by molar-refractivity contribution is 14.0. The zero-order valence-electron chi connectivity index (χ0n) is 15.7. The summed E-state index contributed by atoms with van der Waals surface area (Å²) in [5.41, 5.74) is 0.568. The fraction of sp³-hybridized carbons (Fsp3) is 0.611. The van der Waals surface area contributed by atoms with E-state index in [2.05, 4.69) is 20.4 Å². The molecule has 6 nitrogen and oxygen atoms in total. The second kappa shape index (κ2) is 12.9. The van der Waals surface area contributed by atoms with E-state index in [0.717, 1.165) is 32.4 Å². The van der Waals surface area contributed by atoms with Crippen molar-refractivity contribution in [3.63, 3.8) is 0 Å². The van der Waals surface area contributed by atoms with Crippen LogP contribution in [0.5, 0.6) is 11.5 Å². The van der Waals surface area contributed by atoms with Gasteiger partial charge in [-0.25, -0.2) is 0 Å². The number of rotatable bonds is 9. The van der Waals surface area contributed by atoms with Crippen LogP contribution in [0, 0.1) is 0 Å². The van der Waals surface area contributed by atoms with Gasteiger partial charge in [-0.3, -0.25) is 4.99 Å². The Labute approximate surface area is 176 Å². The lowest BCUT2D eigenvalue weighted by Gasteiger charge is -2.17. The Morgan fingerprint density at radius 1 is 1.37 bits per heavy atom. The van der Waals surface area contributed by atoms with Crippen molar-refractivity contribution in [2.45, 2.75) is 45.4 Å². The van der Waals surface area contributed by atoms with E-state index in [1.807, 2.05) is 0 Å². The van der Waals surface area contributed by atoms with Crippen LogP contribution in [0.1, 0.15) is 31.7 Å². The topological polar surface area (TPSA) is 64.1 Å². The first kappa shape index (κ1) is 23.7. The van der Waals surface area contributed by atoms with E-state index < -0.39 is 6.61 Å². The van der Waals surface area contributed by atoms with Gasteiger partial charge in [-0.15, -0.1) is 24.0 Å². The van der Waals surface area contributed by atoms with Gasteiger partial charge in [-0.05, 0) is 32.3 Å². The van der Waals surface area contributed by atoms with Gasteiger partial charge in [0.1, 0.15) is 0 Å². The quantitative estimate of drug-likeness (QED) is 0.309. The molecule has 1 aliphatic rings. The lowest BCUT2D eigenvalue weighted by atomic mass is 10.2. The molecule has 1 aliphatic heterocycles. The van der Waals surface area contributed by atoms with Crippen molar-refractivity contribution in [1.29, 1.82) is 0 Å². The average Bonchev–Trinajstić information content (AvgIpc) is 3.13. The van der Waals surface area contributed by atoms with Crippen LogP contribution in [0.25, 0.3) is 0 Å². The van der Waals surface area contributed by atoms with Gasteiger partial charge in [-0.1, -0.05) is 12.1 Å². The summed E-state index contributed by atoms with van der Waals surface area (Å²) in [5.74, 6) is 0.938. The van der Waals surface area contributed by atoms with Crippen molar-refractivity contribution < 1.29 is 23.0 Å². The van der Waals surface area contributed by atoms with Crippen LogP contribution >= 0.6 is 24.0 Å². The number of para-hydroxylation sites is 1. The smallest absolute Gasteiger partial charge is 0.387 e. The van der Waals surface area contributed by atoms with Crippen molar-refractivity contribution in [2.24, 2.45) is 4.99 Å². The lowest BCUT2D eigenvalue weighted by molar-refractivity contribution is -0.0520. The van der Waals surface area contributed by atoms with Crippen LogP contribution in [0.4, 0.5) is 8.78 Å². The van der Waals surface area contributed by atoms with Crippen LogP contribution in [-0.4, -0.2) is 45.5 Å². The highest BCUT2D eigenvalue weighted by atomic mass is 127. The predicted octanol–water partition coefficient (Wildman–Crippen LogP) is 3.54. The minimum Gasteiger partial charge on any atom is -0.490 e. The molecule has 0 bridgehead atoms. The summed E-state index contributed by atoms with van der Waals surface area (Å²) in [4.78, 5) is 4.15. The Hall–Kier alpha value is -1.36. The normalized spacial score (nSPS) is 16.8. The molecule has 27 heavy (non-hydrogen) atoms. The Kier molecular flexibility index (Phi) is 11.3. The summed E-state index contributed by atoms with van der Waals surface area (Å²) in [7, 11) is 1.66. The molecule has 0 aromatic heterocycles. The number of alkyl halides is 2. The molecule has 154 valence electrons. The summed E-state index contributed by atoms with van der Waals surface area (Å²) in [6.07, 6.45) is 3.40. The van der Waals surface area contributed by atoms with Crippen LogP contribution in [0.3, 0.4) is 0 Å². The van der Waals surface area contributed by atoms with Gasteiger partial charge in [0.15, 0.2) is 17.5 Å². The molecule has 0 spiro atoms. The van der Waals surface area contributed by atoms with Crippen LogP contribution in [0.2, 0.25) is 0 Å². The minimum atomic E-state index is -2.92. The molecule has 1 aromatic carbocycles. The first-order valence-corrected chi connectivity index (χ1v) is 8.89. The maximum atomic E-state index is 12.8. The van der Waals surface area contributed by atoms with Gasteiger partial charge in [-0.2, -0.15) is 8.78 Å². The summed E-state index contributed by atoms with van der Waals surface area (Å²) < 4.78 is 41.1. The Balaban J connectivity index is 0.00000364. The SMILES string of the molecule is CCOc1cccc(CNC(=NC)NCCC2CCCO2)c1OC(F)F.I. The van der Waals surface area contributed by atoms with Gasteiger partial charge in [0.2, 0.25) is 0 Å². The summed E-state index contributed by atoms with van der Waals surface area (Å²) in [6, 6.07) is 5.07. The first-order chi connectivity index (χ1) is 12.6. The second-order valence-corrected chi connectivity index (χ2v) is 5.83. The number of nitrogens with zero attached hydrogens (tertiary/aromatic N) is 1. The third-order valence-electron chi connectivity index (χ3n) is 4.02. The van der Waals surface area contributed by atoms with Crippen molar-refractivity contribution in [3.8, 4) is 11.5 Å². The summed E-state index contributed by atoms with van der Waals surface area (Å²) in [6.45, 7) is 1.08. The highest BCUT2D eigenvalue weighted by Gasteiger charge is 2.17. The minimum absolute atomic E-state index is 0. The van der Waals surface area contributed by atoms with Crippen molar-refractivity contribution in [3.05, 3.63) is 23.8 Å². The molecule has 1 unspecified atom stereocenters. The number of benzene rings is 1. The fourth-order valence-corrected chi connectivity index (χ4v) is 2.82. The number of aliphatic imine (C=N–C) groups is 1. The standard InChI is InChI=1S/C18H27F2N3O3.HI/c1-3-24-15-8-4-6-13(16(15)26-17(19)20)12-23-18(21-2)22-10-9-14-7-5-11-25-14;/h4,6,8,14,17H,3,5,7,9-12H2,1-2H3,(H2,21,22,23);1H. The molecular formula is C18H28F2IN3O3. The molecule has 1 heterocycles. The third-order valence-corrected chi connectivity index (χ3v) is 4.02. The van der Waals surface area contributed by atoms with Crippen LogP contribution < -0.4 is 20.1 Å². The zero-order valence-corrected chi connectivity index (χ0v) is 18.0. The number of guanidine groups is 1. The second-order valence-electron chi connectivity index (χ2n) is 5.83. The summed E-state index contributed by atoms with van der Waals surface area (Å²) in [5, 5.41) is 6.32. The Bertz CT molecular complexity index is 585. The monoisotopic (exact) mass is 499 g/mol. The van der Waals surface area contributed by atoms with Gasteiger partial charge in [0, 0.05) is 32.3 Å². The van der Waals surface area contributed by atoms with Gasteiger partial charge in [0.25, 0.3) is 0 Å². The van der Waals surface area contributed by atoms with Gasteiger partial charge in [0.05, 0.1) is 12.7 Å². The molecule has 0 saturated carbocycles. The maximum absolute atomic E-state index is 12.8. The molecule has 1 aromatic rings. The Morgan fingerprint density at radius 2 is 2.19 bits per heavy atom. The summed E-state index contributed by atoms with van der Waals surface area (Å²) >= 11 is 0. The first-order valence-electron chi connectivity index (χ1n) is 8.89. The molecule has 1 fully saturated rings. The highest BCUT2D eigenvalue weighted by Crippen LogP contribution is 2.32. The fourth-order valence-electron chi connectivity index (χ4n) is 2.82. The molecule has 0 radical (unpaired) electrons. The number of hydrogen-bond donors (Lipinski definition) is 2. The molecular weight excluding hydrogens is 471 g/mol. The van der Waals surface area contributed by atoms with E-state index in [0.29, 0.717) is 30.0 Å². The number of nitrogens with one attached hydrogen (secondary N) is 2. The van der Waals surface area contributed by atoms with Crippen molar-refractivity contribution >= 4 is 29.9 Å². The molecule has 2 N–H and O–H groups in total. The molecule has 0 aliphatic carbocycles. The van der Waals surface area contributed by atoms with E-state index in [-0.39, 0.29) is 36.3 Å². The van der Waals surface area contributed by atoms with E-state index >= 15 is 0 Å². The molecule has 0 amide bonds. The molecule has 9 heteroatoms. The molecule has 1 saturated heterocycles. The molecule has 2 rings (SSSR count). The van der Waals surface area contributed by atoms with E-state index in [1.54, 1.807) is 32.2 Å². The zero-order chi connectivity index (χ0) is 18.8. The lowest BCUT2D eigenvalue weighted by Crippen LogP contribution is -2.38. The van der Waals surface area contributed by atoms with E-state index in [1.165, 1.54) is 0 Å². The van der Waals surface area contributed by atoms with E-state index in [9.17, 15) is 8.78 Å². The van der Waals surface area contributed by atoms with Gasteiger partial charge >= 0.3 is 6.61 Å². The third kappa shape index (κ3) is 8.04. The van der Waals surface area contributed by atoms with Crippen molar-refractivity contribution in [2.75, 3.05) is 26.8 Å². The number of ether oxygens (including phenoxy) is 3.